The van der Waals surface area contributed by atoms with Gasteiger partial charge in [0.15, 0.2) is 0 Å². The van der Waals surface area contributed by atoms with E-state index in [1.165, 1.54) is 0 Å². The van der Waals surface area contributed by atoms with Gasteiger partial charge in [-0.25, -0.2) is 0 Å². The van der Waals surface area contributed by atoms with E-state index in [0.717, 1.165) is 28.1 Å². The first-order chi connectivity index (χ1) is 10.8. The Morgan fingerprint density at radius 2 is 2.13 bits per heavy atom. The van der Waals surface area contributed by atoms with Crippen LogP contribution in [0.1, 0.15) is 30.9 Å². The predicted octanol–water partition coefficient (Wildman–Crippen LogP) is 3.08. The van der Waals surface area contributed by atoms with Crippen molar-refractivity contribution in [2.24, 2.45) is 5.92 Å². The van der Waals surface area contributed by atoms with Gasteiger partial charge in [-0.1, -0.05) is 18.5 Å². The van der Waals surface area contributed by atoms with Crippen molar-refractivity contribution in [3.05, 3.63) is 32.8 Å². The Bertz CT molecular complexity index is 709. The van der Waals surface area contributed by atoms with Gasteiger partial charge in [0.05, 0.1) is 45.6 Å². The second kappa shape index (κ2) is 7.49. The number of hydrogen-bond donors (Lipinski definition) is 1. The summed E-state index contributed by atoms with van der Waals surface area (Å²) in [6.45, 7) is 9.34. The molecular weight excluding hydrogens is 382 g/mol. The van der Waals surface area contributed by atoms with Crippen LogP contribution in [-0.2, 0) is 24.4 Å². The van der Waals surface area contributed by atoms with E-state index in [0.29, 0.717) is 18.1 Å². The molecule has 8 heteroatoms. The van der Waals surface area contributed by atoms with E-state index in [1.807, 2.05) is 38.6 Å². The molecule has 6 nitrogen and oxygen atoms in total. The Kier molecular flexibility index (Phi) is 5.86. The summed E-state index contributed by atoms with van der Waals surface area (Å²) >= 11 is 9.59. The number of carbonyl (C=O) groups is 1. The summed E-state index contributed by atoms with van der Waals surface area (Å²) in [5, 5.41) is 12.3. The predicted molar refractivity (Wildman–Crippen MR) is 93.3 cm³/mol. The first-order valence-corrected chi connectivity index (χ1v) is 8.69. The summed E-state index contributed by atoms with van der Waals surface area (Å²) in [5.74, 6) is -0.247. The summed E-state index contributed by atoms with van der Waals surface area (Å²) in [6.07, 6.45) is 1.91. The number of nitrogens with zero attached hydrogens (tertiary/aromatic N) is 4. The lowest BCUT2D eigenvalue weighted by atomic mass is 10.1. The van der Waals surface area contributed by atoms with Crippen LogP contribution in [0.5, 0.6) is 0 Å². The fourth-order valence-electron chi connectivity index (χ4n) is 2.26. The second-order valence-electron chi connectivity index (χ2n) is 5.57. The van der Waals surface area contributed by atoms with E-state index in [4.69, 9.17) is 11.6 Å². The molecule has 2 rings (SSSR count). The van der Waals surface area contributed by atoms with Crippen LogP contribution in [0.3, 0.4) is 0 Å². The number of nitrogens with one attached hydrogen (secondary N) is 1. The van der Waals surface area contributed by atoms with Crippen molar-refractivity contribution in [3.63, 3.8) is 0 Å². The molecule has 0 saturated carbocycles. The molecule has 1 atom stereocenters. The van der Waals surface area contributed by atoms with Crippen LogP contribution in [0.15, 0.2) is 10.7 Å². The Balaban J connectivity index is 1.94. The lowest BCUT2D eigenvalue weighted by Crippen LogP contribution is -2.31. The summed E-state index contributed by atoms with van der Waals surface area (Å²) in [4.78, 5) is 12.3. The molecule has 0 saturated heterocycles. The quantitative estimate of drug-likeness (QED) is 0.807. The Labute approximate surface area is 149 Å². The van der Waals surface area contributed by atoms with Crippen LogP contribution in [0, 0.1) is 19.8 Å². The zero-order chi connectivity index (χ0) is 17.1. The van der Waals surface area contributed by atoms with E-state index in [-0.39, 0.29) is 11.8 Å². The van der Waals surface area contributed by atoms with Gasteiger partial charge in [-0.15, -0.1) is 0 Å². The van der Waals surface area contributed by atoms with Crippen LogP contribution in [-0.4, -0.2) is 25.5 Å². The third-order valence-corrected chi connectivity index (χ3v) is 4.94. The maximum atomic E-state index is 12.3. The number of amides is 1. The highest BCUT2D eigenvalue weighted by molar-refractivity contribution is 9.10. The highest BCUT2D eigenvalue weighted by Crippen LogP contribution is 2.20. The SMILES string of the molecule is CCn1cc(Br)c(CNC(=O)C(C)Cn2nc(C)c(Cl)c2C)n1. The number of hydrogen-bond acceptors (Lipinski definition) is 3. The smallest absolute Gasteiger partial charge is 0.225 e. The molecule has 1 N–H and O–H groups in total. The normalized spacial score (nSPS) is 12.4. The van der Waals surface area contributed by atoms with Gasteiger partial charge in [-0.05, 0) is 36.7 Å². The molecule has 0 fully saturated rings. The standard InChI is InChI=1S/C15H21BrClN5O/c1-5-21-8-12(16)13(20-21)6-18-15(23)9(2)7-22-11(4)14(17)10(3)19-22/h8-9H,5-7H2,1-4H3,(H,18,23). The van der Waals surface area contributed by atoms with Crippen LogP contribution in [0.25, 0.3) is 0 Å². The Morgan fingerprint density at radius 1 is 1.43 bits per heavy atom. The molecule has 2 aromatic rings. The minimum atomic E-state index is -0.212. The van der Waals surface area contributed by atoms with Crippen molar-refractivity contribution in [2.45, 2.75) is 47.3 Å². The minimum Gasteiger partial charge on any atom is -0.350 e. The van der Waals surface area contributed by atoms with Gasteiger partial charge >= 0.3 is 0 Å². The van der Waals surface area contributed by atoms with E-state index in [2.05, 4.69) is 31.4 Å². The third kappa shape index (κ3) is 4.14. The molecule has 1 unspecified atom stereocenters. The van der Waals surface area contributed by atoms with Crippen LogP contribution < -0.4 is 5.32 Å². The van der Waals surface area contributed by atoms with Gasteiger partial charge in [0.1, 0.15) is 0 Å². The van der Waals surface area contributed by atoms with E-state index in [1.54, 1.807) is 4.68 Å². The van der Waals surface area contributed by atoms with Crippen molar-refractivity contribution < 1.29 is 4.79 Å². The second-order valence-corrected chi connectivity index (χ2v) is 6.80. The number of carbonyl (C=O) groups excluding carboxylic acids is 1. The lowest BCUT2D eigenvalue weighted by molar-refractivity contribution is -0.125. The lowest BCUT2D eigenvalue weighted by Gasteiger charge is -2.13. The van der Waals surface area contributed by atoms with Gasteiger partial charge in [-0.3, -0.25) is 14.2 Å². The topological polar surface area (TPSA) is 64.7 Å². The van der Waals surface area contributed by atoms with Gasteiger partial charge < -0.3 is 5.32 Å². The van der Waals surface area contributed by atoms with Gasteiger partial charge in [0, 0.05) is 12.7 Å². The molecule has 23 heavy (non-hydrogen) atoms. The maximum absolute atomic E-state index is 12.3. The fraction of sp³-hybridized carbons (Fsp3) is 0.533. The van der Waals surface area contributed by atoms with Gasteiger partial charge in [-0.2, -0.15) is 10.2 Å². The molecule has 0 aliphatic carbocycles. The highest BCUT2D eigenvalue weighted by Gasteiger charge is 2.18. The van der Waals surface area contributed by atoms with Crippen molar-refractivity contribution in [1.82, 2.24) is 24.9 Å². The maximum Gasteiger partial charge on any atom is 0.225 e. The summed E-state index contributed by atoms with van der Waals surface area (Å²) in [7, 11) is 0. The minimum absolute atomic E-state index is 0.0355. The number of aromatic nitrogens is 4. The molecule has 126 valence electrons. The van der Waals surface area contributed by atoms with Crippen LogP contribution in [0.2, 0.25) is 5.02 Å². The number of aryl methyl sites for hydroxylation is 2. The molecule has 0 bridgehead atoms. The molecule has 0 aliphatic heterocycles. The van der Waals surface area contributed by atoms with Crippen molar-refractivity contribution in [3.8, 4) is 0 Å². The number of halogens is 2. The third-order valence-electron chi connectivity index (χ3n) is 3.73. The van der Waals surface area contributed by atoms with Crippen LogP contribution in [0.4, 0.5) is 0 Å². The first kappa shape index (κ1) is 18.0. The fourth-order valence-corrected chi connectivity index (χ4v) is 2.85. The van der Waals surface area contributed by atoms with E-state index in [9.17, 15) is 4.79 Å². The summed E-state index contributed by atoms with van der Waals surface area (Å²) in [5.41, 5.74) is 2.49. The highest BCUT2D eigenvalue weighted by atomic mass is 79.9. The Morgan fingerprint density at radius 3 is 2.65 bits per heavy atom. The van der Waals surface area contributed by atoms with Crippen LogP contribution >= 0.6 is 27.5 Å². The average molecular weight is 403 g/mol. The molecular formula is C15H21BrClN5O. The zero-order valence-corrected chi connectivity index (χ0v) is 16.1. The average Bonchev–Trinajstić information content (AvgIpc) is 3.00. The summed E-state index contributed by atoms with van der Waals surface area (Å²) in [6, 6.07) is 0. The molecule has 0 aromatic carbocycles. The van der Waals surface area contributed by atoms with Crippen molar-refractivity contribution >= 4 is 33.4 Å². The van der Waals surface area contributed by atoms with E-state index >= 15 is 0 Å². The Hall–Kier alpha value is -1.34. The molecule has 0 aliphatic rings. The molecule has 2 heterocycles. The first-order valence-electron chi connectivity index (χ1n) is 7.52. The molecule has 2 aromatic heterocycles. The van der Waals surface area contributed by atoms with Gasteiger partial charge in [0.25, 0.3) is 0 Å². The monoisotopic (exact) mass is 401 g/mol. The molecule has 1 amide bonds. The summed E-state index contributed by atoms with van der Waals surface area (Å²) < 4.78 is 4.51. The van der Waals surface area contributed by atoms with E-state index < -0.39 is 0 Å². The zero-order valence-electron chi connectivity index (χ0n) is 13.7. The van der Waals surface area contributed by atoms with Crippen molar-refractivity contribution in [1.29, 1.82) is 0 Å². The van der Waals surface area contributed by atoms with Crippen molar-refractivity contribution in [2.75, 3.05) is 0 Å². The molecule has 0 spiro atoms. The number of rotatable bonds is 6. The molecule has 0 radical (unpaired) electrons. The largest absolute Gasteiger partial charge is 0.350 e. The van der Waals surface area contributed by atoms with Gasteiger partial charge in [0.2, 0.25) is 5.91 Å².